The molecule has 33 heavy (non-hydrogen) atoms. The Balaban J connectivity index is 0.00000193. The molecule has 1 saturated heterocycles. The van der Waals surface area contributed by atoms with Crippen LogP contribution < -0.4 is 14.5 Å². The van der Waals surface area contributed by atoms with Gasteiger partial charge in [-0.1, -0.05) is 36.4 Å². The monoisotopic (exact) mass is 487 g/mol. The van der Waals surface area contributed by atoms with Crippen molar-refractivity contribution in [3.63, 3.8) is 0 Å². The Labute approximate surface area is 208 Å². The van der Waals surface area contributed by atoms with Crippen LogP contribution in [-0.2, 0) is 4.79 Å². The lowest BCUT2D eigenvalue weighted by molar-refractivity contribution is -0.118. The van der Waals surface area contributed by atoms with Crippen LogP contribution in [0.3, 0.4) is 0 Å². The molecule has 0 aliphatic carbocycles. The number of piperazine rings is 1. The number of methoxy groups -OCH3 is 1. The van der Waals surface area contributed by atoms with E-state index < -0.39 is 0 Å². The second-order valence-corrected chi connectivity index (χ2v) is 7.68. The molecule has 0 spiro atoms. The van der Waals surface area contributed by atoms with Crippen LogP contribution in [0.4, 0.5) is 17.1 Å². The lowest BCUT2D eigenvalue weighted by atomic mass is 10.2. The third-order valence-electron chi connectivity index (χ3n) is 5.73. The first-order valence-corrected chi connectivity index (χ1v) is 10.8. The van der Waals surface area contributed by atoms with Gasteiger partial charge in [-0.15, -0.1) is 24.8 Å². The molecule has 4 rings (SSSR count). The van der Waals surface area contributed by atoms with E-state index in [1.165, 1.54) is 5.69 Å². The first-order chi connectivity index (χ1) is 15.2. The molecule has 0 atom stereocenters. The fraction of sp³-hybridized carbons (Fsp3) is 0.269. The van der Waals surface area contributed by atoms with E-state index in [-0.39, 0.29) is 30.7 Å². The summed E-state index contributed by atoms with van der Waals surface area (Å²) in [5, 5.41) is 0. The maximum absolute atomic E-state index is 13.2. The Morgan fingerprint density at radius 2 is 1.30 bits per heavy atom. The molecule has 176 valence electrons. The maximum Gasteiger partial charge on any atom is 0.232 e. The number of hydrogen-bond donors (Lipinski definition) is 0. The molecule has 7 heteroatoms. The second-order valence-electron chi connectivity index (χ2n) is 7.68. The standard InChI is InChI=1S/C26H29N3O2.2ClH/c1-31-25-14-12-22(13-15-25)28-20-18-27(19-21-28)17-16-26(30)29(23-8-4-2-5-9-23)24-10-6-3-7-11-24;;/h2-15H,16-21H2,1H3;2*1H. The van der Waals surface area contributed by atoms with E-state index in [0.29, 0.717) is 6.42 Å². The topological polar surface area (TPSA) is 36.0 Å². The van der Waals surface area contributed by atoms with Gasteiger partial charge in [-0.05, 0) is 48.5 Å². The van der Waals surface area contributed by atoms with Crippen molar-refractivity contribution >= 4 is 47.8 Å². The third-order valence-corrected chi connectivity index (χ3v) is 5.73. The highest BCUT2D eigenvalue weighted by atomic mass is 35.5. The lowest BCUT2D eigenvalue weighted by Crippen LogP contribution is -2.47. The summed E-state index contributed by atoms with van der Waals surface area (Å²) in [6, 6.07) is 28.0. The van der Waals surface area contributed by atoms with Crippen LogP contribution in [0.25, 0.3) is 0 Å². The highest BCUT2D eigenvalue weighted by molar-refractivity contribution is 6.00. The zero-order chi connectivity index (χ0) is 21.5. The van der Waals surface area contributed by atoms with Crippen molar-refractivity contribution < 1.29 is 9.53 Å². The maximum atomic E-state index is 13.2. The molecule has 1 heterocycles. The minimum Gasteiger partial charge on any atom is -0.497 e. The fourth-order valence-electron chi connectivity index (χ4n) is 3.98. The lowest BCUT2D eigenvalue weighted by Gasteiger charge is -2.36. The van der Waals surface area contributed by atoms with Gasteiger partial charge in [-0.2, -0.15) is 0 Å². The summed E-state index contributed by atoms with van der Waals surface area (Å²) >= 11 is 0. The van der Waals surface area contributed by atoms with E-state index in [0.717, 1.165) is 49.8 Å². The van der Waals surface area contributed by atoms with Crippen LogP contribution in [0.1, 0.15) is 6.42 Å². The molecule has 1 amide bonds. The normalized spacial score (nSPS) is 13.4. The number of nitrogens with zero attached hydrogens (tertiary/aromatic N) is 3. The number of anilines is 3. The van der Waals surface area contributed by atoms with Crippen molar-refractivity contribution in [1.82, 2.24) is 4.90 Å². The van der Waals surface area contributed by atoms with E-state index in [4.69, 9.17) is 4.74 Å². The molecule has 3 aromatic rings. The Morgan fingerprint density at radius 3 is 1.79 bits per heavy atom. The van der Waals surface area contributed by atoms with E-state index in [1.807, 2.05) is 77.7 Å². The first kappa shape index (κ1) is 26.5. The molecule has 0 saturated carbocycles. The largest absolute Gasteiger partial charge is 0.497 e. The number of amides is 1. The summed E-state index contributed by atoms with van der Waals surface area (Å²) in [6.45, 7) is 4.60. The predicted octanol–water partition coefficient (Wildman–Crippen LogP) is 5.42. The molecule has 1 fully saturated rings. The van der Waals surface area contributed by atoms with Gasteiger partial charge in [0.25, 0.3) is 0 Å². The Bertz CT molecular complexity index is 924. The van der Waals surface area contributed by atoms with E-state index >= 15 is 0 Å². The quantitative estimate of drug-likeness (QED) is 0.445. The Hall–Kier alpha value is -2.73. The second kappa shape index (κ2) is 13.1. The summed E-state index contributed by atoms with van der Waals surface area (Å²) in [4.78, 5) is 19.8. The highest BCUT2D eigenvalue weighted by Gasteiger charge is 2.21. The SMILES string of the molecule is COc1ccc(N2CCN(CCC(=O)N(c3ccccc3)c3ccccc3)CC2)cc1.Cl.Cl. The van der Waals surface area contributed by atoms with Gasteiger partial charge in [0.2, 0.25) is 5.91 Å². The Kier molecular flexibility index (Phi) is 10.5. The van der Waals surface area contributed by atoms with Crippen molar-refractivity contribution in [2.24, 2.45) is 0 Å². The van der Waals surface area contributed by atoms with E-state index in [2.05, 4.69) is 21.9 Å². The summed E-state index contributed by atoms with van der Waals surface area (Å²) in [5.41, 5.74) is 3.03. The molecular formula is C26H31Cl2N3O2. The van der Waals surface area contributed by atoms with Gasteiger partial charge in [-0.25, -0.2) is 0 Å². The van der Waals surface area contributed by atoms with Crippen LogP contribution in [0.2, 0.25) is 0 Å². The van der Waals surface area contributed by atoms with Gasteiger partial charge in [-0.3, -0.25) is 14.6 Å². The van der Waals surface area contributed by atoms with Gasteiger partial charge >= 0.3 is 0 Å². The first-order valence-electron chi connectivity index (χ1n) is 10.8. The molecule has 5 nitrogen and oxygen atoms in total. The van der Waals surface area contributed by atoms with Gasteiger partial charge in [0.05, 0.1) is 7.11 Å². The molecule has 0 radical (unpaired) electrons. The van der Waals surface area contributed by atoms with Gasteiger partial charge in [0.1, 0.15) is 5.75 Å². The zero-order valence-electron chi connectivity index (χ0n) is 18.8. The summed E-state index contributed by atoms with van der Waals surface area (Å²) in [7, 11) is 1.69. The van der Waals surface area contributed by atoms with Crippen LogP contribution in [0.15, 0.2) is 84.9 Å². The minimum absolute atomic E-state index is 0. The average Bonchev–Trinajstić information content (AvgIpc) is 2.85. The highest BCUT2D eigenvalue weighted by Crippen LogP contribution is 2.26. The number of hydrogen-bond acceptors (Lipinski definition) is 4. The number of carbonyl (C=O) groups is 1. The summed E-state index contributed by atoms with van der Waals surface area (Å²) < 4.78 is 5.25. The summed E-state index contributed by atoms with van der Waals surface area (Å²) in [6.07, 6.45) is 0.492. The van der Waals surface area contributed by atoms with E-state index in [9.17, 15) is 4.79 Å². The molecule has 0 N–H and O–H groups in total. The van der Waals surface area contributed by atoms with Crippen LogP contribution in [-0.4, -0.2) is 50.6 Å². The summed E-state index contributed by atoms with van der Waals surface area (Å²) in [5.74, 6) is 0.997. The minimum atomic E-state index is 0. The predicted molar refractivity (Wildman–Crippen MR) is 141 cm³/mol. The molecule has 1 aliphatic rings. The van der Waals surface area contributed by atoms with Crippen molar-refractivity contribution in [1.29, 1.82) is 0 Å². The molecule has 0 unspecified atom stereocenters. The van der Waals surface area contributed by atoms with Crippen molar-refractivity contribution in [2.45, 2.75) is 6.42 Å². The van der Waals surface area contributed by atoms with Crippen LogP contribution >= 0.6 is 24.8 Å². The van der Waals surface area contributed by atoms with Gasteiger partial charge in [0.15, 0.2) is 0 Å². The fourth-order valence-corrected chi connectivity index (χ4v) is 3.98. The Morgan fingerprint density at radius 1 is 0.788 bits per heavy atom. The number of carbonyl (C=O) groups excluding carboxylic acids is 1. The number of benzene rings is 3. The number of halogens is 2. The van der Waals surface area contributed by atoms with Crippen LogP contribution in [0.5, 0.6) is 5.75 Å². The molecular weight excluding hydrogens is 457 g/mol. The molecule has 3 aromatic carbocycles. The number of rotatable bonds is 7. The van der Waals surface area contributed by atoms with Crippen molar-refractivity contribution in [2.75, 3.05) is 49.6 Å². The third kappa shape index (κ3) is 6.87. The molecule has 1 aliphatic heterocycles. The number of ether oxygens (including phenoxy) is 1. The van der Waals surface area contributed by atoms with Gasteiger partial charge < -0.3 is 9.64 Å². The van der Waals surface area contributed by atoms with Crippen molar-refractivity contribution in [3.05, 3.63) is 84.9 Å². The smallest absolute Gasteiger partial charge is 0.232 e. The van der Waals surface area contributed by atoms with Gasteiger partial charge in [0, 0.05) is 56.2 Å². The van der Waals surface area contributed by atoms with Crippen LogP contribution in [0, 0.1) is 0 Å². The zero-order valence-corrected chi connectivity index (χ0v) is 20.4. The number of para-hydroxylation sites is 2. The van der Waals surface area contributed by atoms with E-state index in [1.54, 1.807) is 7.11 Å². The van der Waals surface area contributed by atoms with Crippen molar-refractivity contribution in [3.8, 4) is 5.75 Å². The molecule has 0 aromatic heterocycles. The molecule has 0 bridgehead atoms. The average molecular weight is 488 g/mol.